The van der Waals surface area contributed by atoms with E-state index in [2.05, 4.69) is 5.32 Å². The number of carbonyl (C=O) groups is 2. The molecule has 5 nitrogen and oxygen atoms in total. The molecule has 3 N–H and O–H groups in total. The SMILES string of the molecule is O=C(Nc1cc(F)c(F)cc1F)NC(C(=O)O)C1CC1. The van der Waals surface area contributed by atoms with Crippen molar-refractivity contribution in [3.05, 3.63) is 29.6 Å². The van der Waals surface area contributed by atoms with Gasteiger partial charge in [0.2, 0.25) is 0 Å². The lowest BCUT2D eigenvalue weighted by atomic mass is 10.2. The number of amides is 2. The van der Waals surface area contributed by atoms with E-state index >= 15 is 0 Å². The van der Waals surface area contributed by atoms with Crippen LogP contribution in [0, 0.1) is 23.4 Å². The van der Waals surface area contributed by atoms with E-state index in [4.69, 9.17) is 5.11 Å². The summed E-state index contributed by atoms with van der Waals surface area (Å²) in [6.45, 7) is 0. The molecule has 0 bridgehead atoms. The summed E-state index contributed by atoms with van der Waals surface area (Å²) in [5.74, 6) is -5.22. The fourth-order valence-corrected chi connectivity index (χ4v) is 1.73. The first-order valence-electron chi connectivity index (χ1n) is 5.83. The van der Waals surface area contributed by atoms with E-state index in [0.29, 0.717) is 25.0 Å². The Morgan fingerprint density at radius 2 is 1.75 bits per heavy atom. The second-order valence-corrected chi connectivity index (χ2v) is 4.50. The summed E-state index contributed by atoms with van der Waals surface area (Å²) in [4.78, 5) is 22.4. The highest BCUT2D eigenvalue weighted by Crippen LogP contribution is 2.32. The smallest absolute Gasteiger partial charge is 0.326 e. The minimum absolute atomic E-state index is 0.159. The third kappa shape index (κ3) is 3.19. The van der Waals surface area contributed by atoms with Crippen molar-refractivity contribution in [2.24, 2.45) is 5.92 Å². The van der Waals surface area contributed by atoms with Crippen molar-refractivity contribution in [1.29, 1.82) is 0 Å². The summed E-state index contributed by atoms with van der Waals surface area (Å²) >= 11 is 0. The molecule has 0 heterocycles. The zero-order valence-electron chi connectivity index (χ0n) is 10.1. The largest absolute Gasteiger partial charge is 0.480 e. The molecular weight excluding hydrogens is 277 g/mol. The molecule has 1 fully saturated rings. The van der Waals surface area contributed by atoms with Crippen molar-refractivity contribution in [2.45, 2.75) is 18.9 Å². The van der Waals surface area contributed by atoms with Gasteiger partial charge in [-0.15, -0.1) is 0 Å². The third-order valence-corrected chi connectivity index (χ3v) is 2.90. The van der Waals surface area contributed by atoms with Crippen LogP contribution in [0.5, 0.6) is 0 Å². The molecule has 2 amide bonds. The molecule has 1 aliphatic rings. The number of carbonyl (C=O) groups excluding carboxylic acids is 1. The third-order valence-electron chi connectivity index (χ3n) is 2.90. The number of halogens is 3. The van der Waals surface area contributed by atoms with Crippen LogP contribution in [0.25, 0.3) is 0 Å². The van der Waals surface area contributed by atoms with Gasteiger partial charge in [-0.3, -0.25) is 0 Å². The average molecular weight is 288 g/mol. The fraction of sp³-hybridized carbons (Fsp3) is 0.333. The summed E-state index contributed by atoms with van der Waals surface area (Å²) < 4.78 is 38.9. The Hall–Kier alpha value is -2.25. The Labute approximate surface area is 111 Å². The van der Waals surface area contributed by atoms with Gasteiger partial charge in [0.1, 0.15) is 11.9 Å². The molecule has 1 aliphatic carbocycles. The monoisotopic (exact) mass is 288 g/mol. The minimum Gasteiger partial charge on any atom is -0.480 e. The number of carboxylic acid groups (broad SMARTS) is 1. The van der Waals surface area contributed by atoms with Crippen LogP contribution in [0.15, 0.2) is 12.1 Å². The van der Waals surface area contributed by atoms with Gasteiger partial charge in [0.25, 0.3) is 0 Å². The van der Waals surface area contributed by atoms with E-state index in [1.54, 1.807) is 0 Å². The first kappa shape index (κ1) is 14.2. The standard InChI is InChI=1S/C12H11F3N2O3/c13-6-3-8(15)9(4-7(6)14)16-12(20)17-10(11(18)19)5-1-2-5/h3-5,10H,1-2H2,(H,18,19)(H2,16,17,20). The second-order valence-electron chi connectivity index (χ2n) is 4.50. The van der Waals surface area contributed by atoms with Crippen LogP contribution >= 0.6 is 0 Å². The van der Waals surface area contributed by atoms with Gasteiger partial charge < -0.3 is 15.7 Å². The lowest BCUT2D eigenvalue weighted by molar-refractivity contribution is -0.139. The van der Waals surface area contributed by atoms with Gasteiger partial charge in [-0.1, -0.05) is 0 Å². The van der Waals surface area contributed by atoms with Crippen molar-refractivity contribution in [2.75, 3.05) is 5.32 Å². The first-order valence-corrected chi connectivity index (χ1v) is 5.83. The van der Waals surface area contributed by atoms with Crippen LogP contribution in [0.1, 0.15) is 12.8 Å². The Bertz CT molecular complexity index is 561. The number of rotatable bonds is 4. The van der Waals surface area contributed by atoms with Gasteiger partial charge in [-0.05, 0) is 18.8 Å². The topological polar surface area (TPSA) is 78.4 Å². The summed E-state index contributed by atoms with van der Waals surface area (Å²) in [6, 6.07) is -1.30. The Morgan fingerprint density at radius 1 is 1.15 bits per heavy atom. The number of benzene rings is 1. The maximum absolute atomic E-state index is 13.3. The molecule has 0 spiro atoms. The van der Waals surface area contributed by atoms with Gasteiger partial charge >= 0.3 is 12.0 Å². The number of urea groups is 1. The second kappa shape index (κ2) is 5.40. The molecule has 0 saturated heterocycles. The van der Waals surface area contributed by atoms with Crippen molar-refractivity contribution in [3.8, 4) is 0 Å². The highest BCUT2D eigenvalue weighted by atomic mass is 19.2. The van der Waals surface area contributed by atoms with Gasteiger partial charge in [-0.25, -0.2) is 22.8 Å². The molecule has 2 rings (SSSR count). The van der Waals surface area contributed by atoms with E-state index in [-0.39, 0.29) is 5.92 Å². The summed E-state index contributed by atoms with van der Waals surface area (Å²) in [6.07, 6.45) is 1.35. The first-order chi connectivity index (χ1) is 9.38. The fourth-order valence-electron chi connectivity index (χ4n) is 1.73. The van der Waals surface area contributed by atoms with Crippen LogP contribution in [-0.2, 0) is 4.79 Å². The summed E-state index contributed by atoms with van der Waals surface area (Å²) in [5.41, 5.74) is -0.568. The van der Waals surface area contributed by atoms with Crippen LogP contribution in [0.3, 0.4) is 0 Å². The van der Waals surface area contributed by atoms with E-state index in [9.17, 15) is 22.8 Å². The predicted octanol–water partition coefficient (Wildman–Crippen LogP) is 2.09. The minimum atomic E-state index is -1.38. The molecular formula is C12H11F3N2O3. The highest BCUT2D eigenvalue weighted by molar-refractivity contribution is 5.92. The Kier molecular flexibility index (Phi) is 3.82. The van der Waals surface area contributed by atoms with Crippen molar-refractivity contribution in [1.82, 2.24) is 5.32 Å². The van der Waals surface area contributed by atoms with E-state index in [1.165, 1.54) is 0 Å². The number of carboxylic acids is 1. The number of hydrogen-bond donors (Lipinski definition) is 3. The number of nitrogens with one attached hydrogen (secondary N) is 2. The molecule has 1 aromatic carbocycles. The average Bonchev–Trinajstić information content (AvgIpc) is 3.17. The van der Waals surface area contributed by atoms with Gasteiger partial charge in [0, 0.05) is 12.1 Å². The lowest BCUT2D eigenvalue weighted by Gasteiger charge is -2.14. The molecule has 20 heavy (non-hydrogen) atoms. The van der Waals surface area contributed by atoms with Crippen molar-refractivity contribution >= 4 is 17.7 Å². The highest BCUT2D eigenvalue weighted by Gasteiger charge is 2.37. The quantitative estimate of drug-likeness (QED) is 0.742. The van der Waals surface area contributed by atoms with Crippen molar-refractivity contribution < 1.29 is 27.9 Å². The summed E-state index contributed by atoms with van der Waals surface area (Å²) in [7, 11) is 0. The van der Waals surface area contributed by atoms with Crippen LogP contribution in [-0.4, -0.2) is 23.1 Å². The van der Waals surface area contributed by atoms with Crippen LogP contribution < -0.4 is 10.6 Å². The van der Waals surface area contributed by atoms with E-state index in [0.717, 1.165) is 0 Å². The predicted molar refractivity (Wildman–Crippen MR) is 62.6 cm³/mol. The molecule has 0 aliphatic heterocycles. The molecule has 1 saturated carbocycles. The van der Waals surface area contributed by atoms with Gasteiger partial charge in [0.15, 0.2) is 11.6 Å². The molecule has 0 radical (unpaired) electrons. The Morgan fingerprint density at radius 3 is 2.30 bits per heavy atom. The number of aliphatic carboxylic acids is 1. The lowest BCUT2D eigenvalue weighted by Crippen LogP contribution is -2.44. The molecule has 1 unspecified atom stereocenters. The molecule has 108 valence electrons. The normalized spacial score (nSPS) is 15.6. The molecule has 1 atom stereocenters. The number of anilines is 1. The maximum atomic E-state index is 13.3. The molecule has 0 aromatic heterocycles. The van der Waals surface area contributed by atoms with E-state index in [1.807, 2.05) is 5.32 Å². The number of hydrogen-bond acceptors (Lipinski definition) is 2. The zero-order valence-corrected chi connectivity index (χ0v) is 10.1. The summed E-state index contributed by atoms with van der Waals surface area (Å²) in [5, 5.41) is 13.0. The van der Waals surface area contributed by atoms with Gasteiger partial charge in [-0.2, -0.15) is 0 Å². The molecule has 8 heteroatoms. The van der Waals surface area contributed by atoms with Crippen LogP contribution in [0.2, 0.25) is 0 Å². The van der Waals surface area contributed by atoms with E-state index < -0.39 is 41.2 Å². The van der Waals surface area contributed by atoms with Crippen LogP contribution in [0.4, 0.5) is 23.7 Å². The Balaban J connectivity index is 2.04. The maximum Gasteiger partial charge on any atom is 0.326 e. The molecule has 1 aromatic rings. The van der Waals surface area contributed by atoms with Crippen molar-refractivity contribution in [3.63, 3.8) is 0 Å². The zero-order chi connectivity index (χ0) is 14.9. The van der Waals surface area contributed by atoms with Gasteiger partial charge in [0.05, 0.1) is 5.69 Å².